The van der Waals surface area contributed by atoms with E-state index in [0.29, 0.717) is 25.9 Å². The van der Waals surface area contributed by atoms with Gasteiger partial charge in [0.2, 0.25) is 5.91 Å². The second-order valence-electron chi connectivity index (χ2n) is 7.55. The molecule has 5 nitrogen and oxygen atoms in total. The van der Waals surface area contributed by atoms with E-state index in [9.17, 15) is 14.7 Å². The third-order valence-electron chi connectivity index (χ3n) is 5.68. The topological polar surface area (TPSA) is 70.5 Å². The molecule has 1 amide bonds. The van der Waals surface area contributed by atoms with Gasteiger partial charge in [-0.25, -0.2) is 4.98 Å². The van der Waals surface area contributed by atoms with Crippen molar-refractivity contribution in [2.24, 2.45) is 11.3 Å². The van der Waals surface area contributed by atoms with Gasteiger partial charge in [-0.3, -0.25) is 9.59 Å². The number of aliphatic carboxylic acids is 1. The molecular weight excluding hydrogens is 348 g/mol. The molecule has 1 saturated heterocycles. The van der Waals surface area contributed by atoms with E-state index >= 15 is 0 Å². The van der Waals surface area contributed by atoms with Crippen LogP contribution in [0.15, 0.2) is 36.4 Å². The first-order valence-electron chi connectivity index (χ1n) is 9.00. The van der Waals surface area contributed by atoms with Crippen LogP contribution in [0.3, 0.4) is 0 Å². The lowest BCUT2D eigenvalue weighted by Gasteiger charge is -2.30. The third kappa shape index (κ3) is 2.92. The van der Waals surface area contributed by atoms with E-state index in [1.54, 1.807) is 23.2 Å². The number of para-hydroxylation sites is 1. The van der Waals surface area contributed by atoms with Crippen LogP contribution >= 0.6 is 11.3 Å². The molecule has 1 aliphatic heterocycles. The van der Waals surface area contributed by atoms with Crippen molar-refractivity contribution < 1.29 is 14.7 Å². The number of nitrogens with zero attached hydrogens (tertiary/aromatic N) is 2. The summed E-state index contributed by atoms with van der Waals surface area (Å²) in [5, 5.41) is 10.4. The highest BCUT2D eigenvalue weighted by Crippen LogP contribution is 2.41. The molecule has 1 N–H and O–H groups in total. The Hall–Kier alpha value is -2.21. The van der Waals surface area contributed by atoms with E-state index in [2.05, 4.69) is 18.2 Å². The maximum atomic E-state index is 13.2. The van der Waals surface area contributed by atoms with Gasteiger partial charge in [0, 0.05) is 19.0 Å². The fraction of sp³-hybridized carbons (Fsp3) is 0.450. The van der Waals surface area contributed by atoms with Crippen LogP contribution < -0.4 is 0 Å². The molecule has 2 aliphatic rings. The number of allylic oxidation sites excluding steroid dienone is 2. The average molecular weight is 370 g/mol. The first-order chi connectivity index (χ1) is 12.5. The van der Waals surface area contributed by atoms with Gasteiger partial charge in [0.25, 0.3) is 0 Å². The van der Waals surface area contributed by atoms with E-state index in [1.807, 2.05) is 18.2 Å². The second-order valence-corrected chi connectivity index (χ2v) is 8.61. The van der Waals surface area contributed by atoms with Crippen molar-refractivity contribution in [2.75, 3.05) is 13.1 Å². The molecule has 4 rings (SSSR count). The molecule has 136 valence electrons. The van der Waals surface area contributed by atoms with Crippen molar-refractivity contribution in [3.8, 4) is 0 Å². The summed E-state index contributed by atoms with van der Waals surface area (Å²) in [5.74, 6) is -0.832. The fourth-order valence-corrected chi connectivity index (χ4v) is 5.11. The zero-order chi connectivity index (χ0) is 18.3. The standard InChI is InChI=1S/C20H22N2O3S/c1-20(19(24)25)10-11-22(12-20)18(23)14-7-3-2-6-13(14)17-21-15-8-4-5-9-16(15)26-17/h2-5,8-9,13-14H,6-7,10-12H2,1H3,(H,24,25). The van der Waals surface area contributed by atoms with Crippen LogP contribution in [0.4, 0.5) is 0 Å². The van der Waals surface area contributed by atoms with Crippen molar-refractivity contribution in [1.82, 2.24) is 9.88 Å². The predicted molar refractivity (Wildman–Crippen MR) is 101 cm³/mol. The van der Waals surface area contributed by atoms with Crippen LogP contribution in [0.1, 0.15) is 37.1 Å². The molecular formula is C20H22N2O3S. The predicted octanol–water partition coefficient (Wildman–Crippen LogP) is 3.67. The van der Waals surface area contributed by atoms with Gasteiger partial charge in [-0.05, 0) is 38.3 Å². The molecule has 0 bridgehead atoms. The molecule has 3 unspecified atom stereocenters. The summed E-state index contributed by atoms with van der Waals surface area (Å²) >= 11 is 1.66. The van der Waals surface area contributed by atoms with E-state index in [1.165, 1.54) is 0 Å². The number of aromatic nitrogens is 1. The number of benzene rings is 1. The summed E-state index contributed by atoms with van der Waals surface area (Å²) in [6.07, 6.45) is 6.22. The first kappa shape index (κ1) is 17.2. The minimum Gasteiger partial charge on any atom is -0.481 e. The van der Waals surface area contributed by atoms with Gasteiger partial charge in [-0.1, -0.05) is 24.3 Å². The molecule has 0 radical (unpaired) electrons. The molecule has 2 aromatic rings. The average Bonchev–Trinajstić information content (AvgIpc) is 3.25. The van der Waals surface area contributed by atoms with Crippen molar-refractivity contribution in [1.29, 1.82) is 0 Å². The lowest BCUT2D eigenvalue weighted by atomic mass is 9.82. The number of likely N-dealkylation sites (tertiary alicyclic amines) is 1. The number of hydrogen-bond acceptors (Lipinski definition) is 4. The molecule has 0 saturated carbocycles. The van der Waals surface area contributed by atoms with Crippen LogP contribution in [0.5, 0.6) is 0 Å². The molecule has 2 heterocycles. The second kappa shape index (κ2) is 6.50. The smallest absolute Gasteiger partial charge is 0.311 e. The SMILES string of the molecule is CC1(C(=O)O)CCN(C(=O)C2CC=CCC2c2nc3ccccc3s2)C1. The number of hydrogen-bond donors (Lipinski definition) is 1. The maximum absolute atomic E-state index is 13.2. The van der Waals surface area contributed by atoms with Crippen LogP contribution in [-0.4, -0.2) is 40.0 Å². The Labute approximate surface area is 156 Å². The van der Waals surface area contributed by atoms with Gasteiger partial charge < -0.3 is 10.0 Å². The molecule has 1 aromatic heterocycles. The van der Waals surface area contributed by atoms with Crippen LogP contribution in [0.25, 0.3) is 10.2 Å². The van der Waals surface area contributed by atoms with E-state index < -0.39 is 11.4 Å². The molecule has 1 aromatic carbocycles. The number of thiazole rings is 1. The fourth-order valence-electron chi connectivity index (χ4n) is 3.97. The van der Waals surface area contributed by atoms with Gasteiger partial charge in [0.05, 0.1) is 26.6 Å². The minimum absolute atomic E-state index is 0.0709. The number of carbonyl (C=O) groups is 2. The highest BCUT2D eigenvalue weighted by atomic mass is 32.1. The van der Waals surface area contributed by atoms with Crippen LogP contribution in [0, 0.1) is 11.3 Å². The lowest BCUT2D eigenvalue weighted by molar-refractivity contribution is -0.147. The van der Waals surface area contributed by atoms with E-state index in [4.69, 9.17) is 4.98 Å². The van der Waals surface area contributed by atoms with E-state index in [-0.39, 0.29) is 17.7 Å². The van der Waals surface area contributed by atoms with Crippen molar-refractivity contribution in [2.45, 2.75) is 32.1 Å². The number of carboxylic acid groups (broad SMARTS) is 1. The molecule has 26 heavy (non-hydrogen) atoms. The van der Waals surface area contributed by atoms with Crippen LogP contribution in [-0.2, 0) is 9.59 Å². The van der Waals surface area contributed by atoms with E-state index in [0.717, 1.165) is 21.6 Å². The Morgan fingerprint density at radius 2 is 2.04 bits per heavy atom. The van der Waals surface area contributed by atoms with Gasteiger partial charge in [-0.2, -0.15) is 0 Å². The van der Waals surface area contributed by atoms with Crippen LogP contribution in [0.2, 0.25) is 0 Å². The van der Waals surface area contributed by atoms with Gasteiger partial charge in [0.1, 0.15) is 0 Å². The number of carboxylic acids is 1. The van der Waals surface area contributed by atoms with Crippen molar-refractivity contribution in [3.63, 3.8) is 0 Å². The number of rotatable bonds is 3. The quantitative estimate of drug-likeness (QED) is 0.837. The zero-order valence-electron chi connectivity index (χ0n) is 14.7. The summed E-state index contributed by atoms with van der Waals surface area (Å²) in [6, 6.07) is 8.05. The molecule has 6 heteroatoms. The summed E-state index contributed by atoms with van der Waals surface area (Å²) in [5.41, 5.74) is 0.152. The highest BCUT2D eigenvalue weighted by Gasteiger charge is 2.44. The minimum atomic E-state index is -0.828. The first-order valence-corrected chi connectivity index (χ1v) is 9.82. The lowest BCUT2D eigenvalue weighted by Crippen LogP contribution is -2.40. The Morgan fingerprint density at radius 3 is 2.77 bits per heavy atom. The monoisotopic (exact) mass is 370 g/mol. The summed E-state index contributed by atoms with van der Waals surface area (Å²) in [4.78, 5) is 31.2. The van der Waals surface area contributed by atoms with Gasteiger partial charge in [-0.15, -0.1) is 11.3 Å². The normalized spacial score (nSPS) is 28.6. The largest absolute Gasteiger partial charge is 0.481 e. The number of fused-ring (bicyclic) bond motifs is 1. The summed E-state index contributed by atoms with van der Waals surface area (Å²) in [6.45, 7) is 2.55. The third-order valence-corrected chi connectivity index (χ3v) is 6.85. The molecule has 1 fully saturated rings. The number of amides is 1. The Morgan fingerprint density at radius 1 is 1.27 bits per heavy atom. The van der Waals surface area contributed by atoms with Crippen molar-refractivity contribution >= 4 is 33.4 Å². The van der Waals surface area contributed by atoms with Gasteiger partial charge in [0.15, 0.2) is 0 Å². The van der Waals surface area contributed by atoms with Gasteiger partial charge >= 0.3 is 5.97 Å². The summed E-state index contributed by atoms with van der Waals surface area (Å²) < 4.78 is 1.14. The zero-order valence-corrected chi connectivity index (χ0v) is 15.5. The summed E-state index contributed by atoms with van der Waals surface area (Å²) in [7, 11) is 0. The molecule has 3 atom stereocenters. The number of carbonyl (C=O) groups excluding carboxylic acids is 1. The highest BCUT2D eigenvalue weighted by molar-refractivity contribution is 7.18. The Kier molecular flexibility index (Phi) is 4.31. The van der Waals surface area contributed by atoms with Crippen molar-refractivity contribution in [3.05, 3.63) is 41.4 Å². The Balaban J connectivity index is 1.59. The molecule has 1 aliphatic carbocycles. The maximum Gasteiger partial charge on any atom is 0.311 e. The molecule has 0 spiro atoms. The Bertz CT molecular complexity index is 857.